The average Bonchev–Trinajstić information content (AvgIpc) is 3.05. The molecule has 1 N–H and O–H groups in total. The third-order valence-corrected chi connectivity index (χ3v) is 3.82. The van der Waals surface area contributed by atoms with Gasteiger partial charge in [0.05, 0.1) is 5.56 Å². The van der Waals surface area contributed by atoms with Crippen LogP contribution in [0.3, 0.4) is 0 Å². The van der Waals surface area contributed by atoms with E-state index in [0.29, 0.717) is 11.6 Å². The van der Waals surface area contributed by atoms with Crippen molar-refractivity contribution in [2.75, 3.05) is 5.32 Å². The van der Waals surface area contributed by atoms with E-state index in [9.17, 15) is 9.18 Å². The molecule has 3 rings (SSSR count). The molecular weight excluding hydrogens is 387 g/mol. The van der Waals surface area contributed by atoms with Crippen LogP contribution < -0.4 is 14.8 Å². The van der Waals surface area contributed by atoms with Crippen molar-refractivity contribution in [1.29, 1.82) is 5.26 Å². The lowest BCUT2D eigenvalue weighted by Gasteiger charge is -2.22. The first-order chi connectivity index (χ1) is 14.1. The number of carbonyl (C=O) groups excluding carboxylic acids is 1. The zero-order chi connectivity index (χ0) is 21.9. The summed E-state index contributed by atoms with van der Waals surface area (Å²) >= 11 is 0. The van der Waals surface area contributed by atoms with Gasteiger partial charge in [0, 0.05) is 37.0 Å². The number of aromatic nitrogens is 2. The van der Waals surface area contributed by atoms with Crippen molar-refractivity contribution in [2.24, 2.45) is 7.05 Å². The normalized spacial score (nSPS) is 10.9. The fourth-order valence-electron chi connectivity index (χ4n) is 2.63. The molecule has 30 heavy (non-hydrogen) atoms. The Bertz CT molecular complexity index is 1130. The molecular formula is C22H21FN4O3. The van der Waals surface area contributed by atoms with Gasteiger partial charge in [0.25, 0.3) is 5.91 Å². The van der Waals surface area contributed by atoms with Crippen LogP contribution in [0.4, 0.5) is 10.2 Å². The number of nitriles is 1. The standard InChI is InChI=1S/C22H21FN4O3/c1-22(2,3)30-18-10-15(21(28)25-20-7-8-27(4)26-20)9-17(11-18)29-16-6-5-14(13-24)19(23)12-16/h5-12H,1-4H3,(H,25,26,28). The van der Waals surface area contributed by atoms with Crippen molar-refractivity contribution in [1.82, 2.24) is 9.78 Å². The first-order valence-electron chi connectivity index (χ1n) is 9.15. The van der Waals surface area contributed by atoms with E-state index in [-0.39, 0.29) is 22.6 Å². The van der Waals surface area contributed by atoms with Gasteiger partial charge in [-0.3, -0.25) is 9.48 Å². The maximum atomic E-state index is 13.9. The van der Waals surface area contributed by atoms with E-state index in [2.05, 4.69) is 10.4 Å². The van der Waals surface area contributed by atoms with E-state index in [1.54, 1.807) is 42.2 Å². The molecule has 0 saturated heterocycles. The number of halogens is 1. The lowest BCUT2D eigenvalue weighted by molar-refractivity contribution is 0.102. The van der Waals surface area contributed by atoms with Gasteiger partial charge >= 0.3 is 0 Å². The molecule has 1 heterocycles. The van der Waals surface area contributed by atoms with Gasteiger partial charge in [0.2, 0.25) is 0 Å². The smallest absolute Gasteiger partial charge is 0.257 e. The quantitative estimate of drug-likeness (QED) is 0.664. The molecule has 0 fully saturated rings. The van der Waals surface area contributed by atoms with Crippen molar-refractivity contribution in [3.63, 3.8) is 0 Å². The van der Waals surface area contributed by atoms with Crippen LogP contribution in [-0.4, -0.2) is 21.3 Å². The number of hydrogen-bond donors (Lipinski definition) is 1. The minimum atomic E-state index is -0.690. The number of ether oxygens (including phenoxy) is 2. The summed E-state index contributed by atoms with van der Waals surface area (Å²) in [6.45, 7) is 5.64. The number of amides is 1. The fraction of sp³-hybridized carbons (Fsp3) is 0.227. The second-order valence-electron chi connectivity index (χ2n) is 7.59. The number of anilines is 1. The molecule has 7 nitrogen and oxygen atoms in total. The third kappa shape index (κ3) is 5.35. The van der Waals surface area contributed by atoms with Crippen LogP contribution in [0, 0.1) is 17.1 Å². The van der Waals surface area contributed by atoms with Crippen molar-refractivity contribution in [2.45, 2.75) is 26.4 Å². The minimum absolute atomic E-state index is 0.0809. The summed E-state index contributed by atoms with van der Waals surface area (Å²) in [6.07, 6.45) is 1.71. The predicted molar refractivity (Wildman–Crippen MR) is 109 cm³/mol. The topological polar surface area (TPSA) is 89.2 Å². The number of nitrogens with one attached hydrogen (secondary N) is 1. The van der Waals surface area contributed by atoms with Crippen LogP contribution in [-0.2, 0) is 7.05 Å². The highest BCUT2D eigenvalue weighted by Gasteiger charge is 2.17. The first-order valence-corrected chi connectivity index (χ1v) is 9.15. The van der Waals surface area contributed by atoms with E-state index < -0.39 is 17.3 Å². The lowest BCUT2D eigenvalue weighted by atomic mass is 10.1. The Balaban J connectivity index is 1.92. The monoisotopic (exact) mass is 408 g/mol. The number of hydrogen-bond acceptors (Lipinski definition) is 5. The molecule has 2 aromatic carbocycles. The van der Waals surface area contributed by atoms with Gasteiger partial charge in [0.1, 0.15) is 34.7 Å². The average molecular weight is 408 g/mol. The van der Waals surface area contributed by atoms with E-state index in [1.807, 2.05) is 20.8 Å². The molecule has 0 aliphatic rings. The van der Waals surface area contributed by atoms with Crippen LogP contribution in [0.25, 0.3) is 0 Å². The third-order valence-electron chi connectivity index (χ3n) is 3.82. The second-order valence-corrected chi connectivity index (χ2v) is 7.59. The van der Waals surface area contributed by atoms with Gasteiger partial charge < -0.3 is 14.8 Å². The lowest BCUT2D eigenvalue weighted by Crippen LogP contribution is -2.23. The molecule has 0 aliphatic heterocycles. The Hall–Kier alpha value is -3.86. The van der Waals surface area contributed by atoms with Gasteiger partial charge in [-0.2, -0.15) is 10.4 Å². The first kappa shape index (κ1) is 20.9. The van der Waals surface area contributed by atoms with Crippen LogP contribution in [0.2, 0.25) is 0 Å². The van der Waals surface area contributed by atoms with Gasteiger partial charge in [-0.25, -0.2) is 4.39 Å². The van der Waals surface area contributed by atoms with Gasteiger partial charge in [0.15, 0.2) is 5.82 Å². The maximum Gasteiger partial charge on any atom is 0.257 e. The number of nitrogens with zero attached hydrogens (tertiary/aromatic N) is 3. The molecule has 1 aromatic heterocycles. The van der Waals surface area contributed by atoms with Crippen LogP contribution >= 0.6 is 0 Å². The summed E-state index contributed by atoms with van der Waals surface area (Å²) in [5.74, 6) is 0.207. The minimum Gasteiger partial charge on any atom is -0.488 e. The highest BCUT2D eigenvalue weighted by atomic mass is 19.1. The van der Waals surface area contributed by atoms with E-state index in [1.165, 1.54) is 18.2 Å². The van der Waals surface area contributed by atoms with Crippen molar-refractivity contribution in [3.05, 3.63) is 65.6 Å². The maximum absolute atomic E-state index is 13.9. The largest absolute Gasteiger partial charge is 0.488 e. The SMILES string of the molecule is Cn1ccc(NC(=O)c2cc(Oc3ccc(C#N)c(F)c3)cc(OC(C)(C)C)c2)n1. The van der Waals surface area contributed by atoms with Crippen LogP contribution in [0.1, 0.15) is 36.7 Å². The van der Waals surface area contributed by atoms with Gasteiger partial charge in [-0.1, -0.05) is 0 Å². The molecule has 0 spiro atoms. The van der Waals surface area contributed by atoms with Crippen LogP contribution in [0.5, 0.6) is 17.2 Å². The molecule has 8 heteroatoms. The molecule has 0 saturated carbocycles. The zero-order valence-electron chi connectivity index (χ0n) is 17.1. The Morgan fingerprint density at radius 1 is 1.13 bits per heavy atom. The Labute approximate surface area is 173 Å². The van der Waals surface area contributed by atoms with Crippen molar-refractivity contribution < 1.29 is 18.7 Å². The second kappa shape index (κ2) is 8.25. The predicted octanol–water partition coefficient (Wildman–Crippen LogP) is 4.65. The Morgan fingerprint density at radius 2 is 1.87 bits per heavy atom. The van der Waals surface area contributed by atoms with E-state index in [0.717, 1.165) is 6.07 Å². The van der Waals surface area contributed by atoms with E-state index in [4.69, 9.17) is 14.7 Å². The van der Waals surface area contributed by atoms with Crippen molar-refractivity contribution in [3.8, 4) is 23.3 Å². The van der Waals surface area contributed by atoms with Gasteiger partial charge in [-0.15, -0.1) is 0 Å². The fourth-order valence-corrected chi connectivity index (χ4v) is 2.63. The summed E-state index contributed by atoms with van der Waals surface area (Å²) in [5.41, 5.74) is -0.303. The number of aryl methyl sites for hydroxylation is 1. The van der Waals surface area contributed by atoms with Crippen LogP contribution in [0.15, 0.2) is 48.7 Å². The molecule has 3 aromatic rings. The summed E-state index contributed by atoms with van der Waals surface area (Å²) in [5, 5.41) is 15.7. The number of benzene rings is 2. The number of rotatable bonds is 5. The summed E-state index contributed by atoms with van der Waals surface area (Å²) < 4.78 is 27.1. The highest BCUT2D eigenvalue weighted by Crippen LogP contribution is 2.30. The molecule has 154 valence electrons. The van der Waals surface area contributed by atoms with E-state index >= 15 is 0 Å². The number of carbonyl (C=O) groups is 1. The zero-order valence-corrected chi connectivity index (χ0v) is 17.1. The summed E-state index contributed by atoms with van der Waals surface area (Å²) in [6, 6.07) is 12.1. The molecule has 0 atom stereocenters. The Kier molecular flexibility index (Phi) is 5.74. The molecule has 0 aliphatic carbocycles. The van der Waals surface area contributed by atoms with Crippen molar-refractivity contribution >= 4 is 11.7 Å². The summed E-state index contributed by atoms with van der Waals surface area (Å²) in [7, 11) is 1.75. The Morgan fingerprint density at radius 3 is 2.47 bits per heavy atom. The molecule has 1 amide bonds. The van der Waals surface area contributed by atoms with Gasteiger partial charge in [-0.05, 0) is 45.0 Å². The molecule has 0 radical (unpaired) electrons. The highest BCUT2D eigenvalue weighted by molar-refractivity contribution is 6.04. The molecule has 0 unspecified atom stereocenters. The summed E-state index contributed by atoms with van der Waals surface area (Å²) in [4.78, 5) is 12.7. The molecule has 0 bridgehead atoms.